The first-order chi connectivity index (χ1) is 13.1. The summed E-state index contributed by atoms with van der Waals surface area (Å²) in [4.78, 5) is 20.9. The third-order valence-corrected chi connectivity index (χ3v) is 4.52. The van der Waals surface area contributed by atoms with Crippen molar-refractivity contribution in [1.29, 1.82) is 0 Å². The molecule has 9 heteroatoms. The summed E-state index contributed by atoms with van der Waals surface area (Å²) in [6, 6.07) is 8.80. The largest absolute Gasteiger partial charge is 0.497 e. The maximum absolute atomic E-state index is 12.3. The van der Waals surface area contributed by atoms with Gasteiger partial charge < -0.3 is 19.3 Å². The van der Waals surface area contributed by atoms with Gasteiger partial charge in [0, 0.05) is 37.0 Å². The van der Waals surface area contributed by atoms with Crippen LogP contribution in [0, 0.1) is 6.92 Å². The summed E-state index contributed by atoms with van der Waals surface area (Å²) in [7, 11) is 3.11. The number of aromatic nitrogens is 3. The molecule has 0 aliphatic heterocycles. The summed E-state index contributed by atoms with van der Waals surface area (Å²) in [6.45, 7) is 1.72. The van der Waals surface area contributed by atoms with E-state index in [4.69, 9.17) is 14.0 Å². The van der Waals surface area contributed by atoms with Crippen LogP contribution in [0.15, 0.2) is 46.1 Å². The summed E-state index contributed by atoms with van der Waals surface area (Å²) >= 11 is 1.29. The SMILES string of the molecule is COc1cc(NC(=O)CSc2ncccc2-c2noc(C)n2)cc(OC)c1. The Bertz CT molecular complexity index is 922. The summed E-state index contributed by atoms with van der Waals surface area (Å²) < 4.78 is 15.4. The molecular formula is C18H18N4O4S. The van der Waals surface area contributed by atoms with Gasteiger partial charge in [-0.15, -0.1) is 0 Å². The average Bonchev–Trinajstić information content (AvgIpc) is 3.12. The molecule has 1 N–H and O–H groups in total. The van der Waals surface area contributed by atoms with Crippen molar-refractivity contribution in [3.05, 3.63) is 42.4 Å². The van der Waals surface area contributed by atoms with Crippen LogP contribution in [0.2, 0.25) is 0 Å². The maximum Gasteiger partial charge on any atom is 0.234 e. The lowest BCUT2D eigenvalue weighted by Gasteiger charge is -2.10. The van der Waals surface area contributed by atoms with E-state index in [1.54, 1.807) is 51.6 Å². The van der Waals surface area contributed by atoms with Crippen LogP contribution in [-0.4, -0.2) is 41.0 Å². The summed E-state index contributed by atoms with van der Waals surface area (Å²) in [5, 5.41) is 7.39. The van der Waals surface area contributed by atoms with Crippen LogP contribution >= 0.6 is 11.8 Å². The van der Waals surface area contributed by atoms with Crippen molar-refractivity contribution in [2.45, 2.75) is 11.9 Å². The molecule has 0 saturated carbocycles. The van der Waals surface area contributed by atoms with Gasteiger partial charge in [-0.3, -0.25) is 4.79 Å². The van der Waals surface area contributed by atoms with Crippen molar-refractivity contribution in [3.8, 4) is 22.9 Å². The van der Waals surface area contributed by atoms with Crippen molar-refractivity contribution in [1.82, 2.24) is 15.1 Å². The fourth-order valence-electron chi connectivity index (χ4n) is 2.30. The Labute approximate surface area is 160 Å². The van der Waals surface area contributed by atoms with Gasteiger partial charge in [0.25, 0.3) is 0 Å². The van der Waals surface area contributed by atoms with Crippen LogP contribution in [0.1, 0.15) is 5.89 Å². The Morgan fingerprint density at radius 3 is 2.59 bits per heavy atom. The molecule has 0 bridgehead atoms. The Hall–Kier alpha value is -3.07. The Morgan fingerprint density at radius 2 is 1.96 bits per heavy atom. The Kier molecular flexibility index (Phi) is 5.92. The zero-order valence-electron chi connectivity index (χ0n) is 15.1. The van der Waals surface area contributed by atoms with Crippen molar-refractivity contribution < 1.29 is 18.8 Å². The fraction of sp³-hybridized carbons (Fsp3) is 0.222. The highest BCUT2D eigenvalue weighted by Crippen LogP contribution is 2.29. The molecule has 2 aromatic heterocycles. The Morgan fingerprint density at radius 1 is 1.22 bits per heavy atom. The van der Waals surface area contributed by atoms with Crippen molar-refractivity contribution >= 4 is 23.4 Å². The minimum absolute atomic E-state index is 0.167. The zero-order chi connectivity index (χ0) is 19.2. The lowest BCUT2D eigenvalue weighted by Crippen LogP contribution is -2.14. The number of methoxy groups -OCH3 is 2. The second kappa shape index (κ2) is 8.54. The molecule has 1 aromatic carbocycles. The molecule has 0 radical (unpaired) electrons. The first-order valence-corrected chi connectivity index (χ1v) is 8.99. The van der Waals surface area contributed by atoms with E-state index >= 15 is 0 Å². The monoisotopic (exact) mass is 386 g/mol. The molecule has 3 rings (SSSR count). The third kappa shape index (κ3) is 4.76. The van der Waals surface area contributed by atoms with E-state index in [-0.39, 0.29) is 11.7 Å². The van der Waals surface area contributed by atoms with E-state index in [2.05, 4.69) is 20.4 Å². The van der Waals surface area contributed by atoms with E-state index in [0.717, 1.165) is 5.56 Å². The quantitative estimate of drug-likeness (QED) is 0.618. The minimum Gasteiger partial charge on any atom is -0.497 e. The lowest BCUT2D eigenvalue weighted by molar-refractivity contribution is -0.113. The number of rotatable bonds is 7. The summed E-state index contributed by atoms with van der Waals surface area (Å²) in [5.74, 6) is 2.08. The van der Waals surface area contributed by atoms with Crippen LogP contribution in [0.4, 0.5) is 5.69 Å². The third-order valence-electron chi connectivity index (χ3n) is 3.51. The number of benzene rings is 1. The van der Waals surface area contributed by atoms with Gasteiger partial charge in [-0.05, 0) is 12.1 Å². The molecule has 3 aromatic rings. The molecule has 0 atom stereocenters. The smallest absolute Gasteiger partial charge is 0.234 e. The molecule has 140 valence electrons. The standard InChI is InChI=1S/C18H18N4O4S/c1-11-20-17(22-26-11)15-5-4-6-19-18(15)27-10-16(23)21-12-7-13(24-2)9-14(8-12)25-3/h4-9H,10H2,1-3H3,(H,21,23). The second-order valence-electron chi connectivity index (χ2n) is 5.43. The summed E-state index contributed by atoms with van der Waals surface area (Å²) in [6.07, 6.45) is 1.66. The number of carbonyl (C=O) groups is 1. The Balaban J connectivity index is 1.68. The van der Waals surface area contributed by atoms with Gasteiger partial charge in [0.1, 0.15) is 16.5 Å². The van der Waals surface area contributed by atoms with E-state index in [1.807, 2.05) is 6.07 Å². The van der Waals surface area contributed by atoms with Gasteiger partial charge in [0.15, 0.2) is 0 Å². The minimum atomic E-state index is -0.184. The van der Waals surface area contributed by atoms with Crippen molar-refractivity contribution in [3.63, 3.8) is 0 Å². The molecule has 0 saturated heterocycles. The van der Waals surface area contributed by atoms with Crippen LogP contribution < -0.4 is 14.8 Å². The number of carbonyl (C=O) groups excluding carboxylic acids is 1. The molecule has 0 unspecified atom stereocenters. The van der Waals surface area contributed by atoms with E-state index in [9.17, 15) is 4.79 Å². The predicted molar refractivity (Wildman–Crippen MR) is 101 cm³/mol. The molecule has 8 nitrogen and oxygen atoms in total. The van der Waals surface area contributed by atoms with Gasteiger partial charge in [-0.25, -0.2) is 4.98 Å². The van der Waals surface area contributed by atoms with E-state index < -0.39 is 0 Å². The number of hydrogen-bond donors (Lipinski definition) is 1. The number of anilines is 1. The number of aryl methyl sites for hydroxylation is 1. The van der Waals surface area contributed by atoms with Crippen LogP contribution in [0.3, 0.4) is 0 Å². The second-order valence-corrected chi connectivity index (χ2v) is 6.40. The lowest BCUT2D eigenvalue weighted by atomic mass is 10.2. The molecule has 1 amide bonds. The highest BCUT2D eigenvalue weighted by Gasteiger charge is 2.14. The molecule has 0 aliphatic carbocycles. The van der Waals surface area contributed by atoms with Crippen molar-refractivity contribution in [2.75, 3.05) is 25.3 Å². The number of nitrogens with zero attached hydrogens (tertiary/aromatic N) is 3. The number of thioether (sulfide) groups is 1. The van der Waals surface area contributed by atoms with Crippen LogP contribution in [0.5, 0.6) is 11.5 Å². The summed E-state index contributed by atoms with van der Waals surface area (Å²) in [5.41, 5.74) is 1.31. The van der Waals surface area contributed by atoms with Crippen LogP contribution in [-0.2, 0) is 4.79 Å². The number of hydrogen-bond acceptors (Lipinski definition) is 8. The van der Waals surface area contributed by atoms with Gasteiger partial charge in [0.2, 0.25) is 17.6 Å². The zero-order valence-corrected chi connectivity index (χ0v) is 15.9. The first-order valence-electron chi connectivity index (χ1n) is 8.00. The number of nitrogens with one attached hydrogen (secondary N) is 1. The molecule has 0 spiro atoms. The fourth-order valence-corrected chi connectivity index (χ4v) is 3.09. The highest BCUT2D eigenvalue weighted by atomic mass is 32.2. The van der Waals surface area contributed by atoms with E-state index in [1.165, 1.54) is 11.8 Å². The number of ether oxygens (including phenoxy) is 2. The molecular weight excluding hydrogens is 368 g/mol. The first kappa shape index (κ1) is 18.7. The molecule has 0 aliphatic rings. The highest BCUT2D eigenvalue weighted by molar-refractivity contribution is 8.00. The van der Waals surface area contributed by atoms with E-state index in [0.29, 0.717) is 33.9 Å². The molecule has 0 fully saturated rings. The number of amides is 1. The molecule has 27 heavy (non-hydrogen) atoms. The van der Waals surface area contributed by atoms with Gasteiger partial charge >= 0.3 is 0 Å². The molecule has 2 heterocycles. The normalized spacial score (nSPS) is 10.5. The van der Waals surface area contributed by atoms with Gasteiger partial charge in [-0.1, -0.05) is 16.9 Å². The van der Waals surface area contributed by atoms with Gasteiger partial charge in [0.05, 0.1) is 25.5 Å². The van der Waals surface area contributed by atoms with Crippen molar-refractivity contribution in [2.24, 2.45) is 0 Å². The maximum atomic E-state index is 12.3. The van der Waals surface area contributed by atoms with Gasteiger partial charge in [-0.2, -0.15) is 4.98 Å². The predicted octanol–water partition coefficient (Wildman–Crippen LogP) is 3.19. The average molecular weight is 386 g/mol. The number of pyridine rings is 1. The topological polar surface area (TPSA) is 99.4 Å². The van der Waals surface area contributed by atoms with Crippen LogP contribution in [0.25, 0.3) is 11.4 Å².